The molecule has 3 nitrogen and oxygen atoms in total. The van der Waals surface area contributed by atoms with Crippen LogP contribution in [-0.4, -0.2) is 20.8 Å². The third-order valence-corrected chi connectivity index (χ3v) is 4.10. The van der Waals surface area contributed by atoms with Crippen LogP contribution in [0.4, 0.5) is 0 Å². The molecule has 0 aliphatic heterocycles. The average Bonchev–Trinajstić information content (AvgIpc) is 2.13. The lowest BCUT2D eigenvalue weighted by Gasteiger charge is -2.12. The Kier molecular flexibility index (Phi) is 5.57. The molecule has 1 rings (SSSR count). The molecular weight excluding hydrogens is 351 g/mol. The van der Waals surface area contributed by atoms with Gasteiger partial charge in [0.1, 0.15) is 5.75 Å². The molecule has 0 fully saturated rings. The predicted octanol–water partition coefficient (Wildman–Crippen LogP) is 3.69. The molecule has 0 aromatic heterocycles. The fourth-order valence-electron chi connectivity index (χ4n) is 1.21. The predicted molar refractivity (Wildman–Crippen MR) is 73.5 cm³/mol. The Morgan fingerprint density at radius 3 is 2.65 bits per heavy atom. The largest absolute Gasteiger partial charge is 0.492 e. The highest BCUT2D eigenvalue weighted by molar-refractivity contribution is 9.10. The quantitative estimate of drug-likeness (QED) is 0.751. The third kappa shape index (κ3) is 5.95. The minimum Gasteiger partial charge on any atom is -0.492 e. The molecule has 0 N–H and O–H groups in total. The molecule has 1 aromatic carbocycles. The van der Waals surface area contributed by atoms with Gasteiger partial charge in [-0.25, -0.2) is 8.42 Å². The summed E-state index contributed by atoms with van der Waals surface area (Å²) in [5.74, 6) is 0.327. The summed E-state index contributed by atoms with van der Waals surface area (Å²) in [5, 5.41) is 0.598. The van der Waals surface area contributed by atoms with Gasteiger partial charge in [-0.2, -0.15) is 0 Å². The number of halogens is 3. The molecule has 0 radical (unpaired) electrons. The van der Waals surface area contributed by atoms with Gasteiger partial charge in [0.05, 0.1) is 16.8 Å². The van der Waals surface area contributed by atoms with Crippen LogP contribution in [0.25, 0.3) is 0 Å². The lowest BCUT2D eigenvalue weighted by atomic mass is 10.2. The fourth-order valence-corrected chi connectivity index (χ4v) is 3.43. The molecule has 1 atom stereocenters. The normalized spacial score (nSPS) is 13.4. The van der Waals surface area contributed by atoms with E-state index in [0.29, 0.717) is 10.8 Å². The molecular formula is C10H11BrCl2O3S. The maximum Gasteiger partial charge on any atom is 0.232 e. The summed E-state index contributed by atoms with van der Waals surface area (Å²) in [6.45, 7) is 2.02. The van der Waals surface area contributed by atoms with E-state index >= 15 is 0 Å². The number of benzene rings is 1. The van der Waals surface area contributed by atoms with Crippen molar-refractivity contribution in [3.63, 3.8) is 0 Å². The minimum absolute atomic E-state index is 0.111. The number of hydrogen-bond donors (Lipinski definition) is 0. The van der Waals surface area contributed by atoms with Crippen LogP contribution in [0.2, 0.25) is 5.02 Å². The van der Waals surface area contributed by atoms with E-state index in [2.05, 4.69) is 15.9 Å². The second-order valence-electron chi connectivity index (χ2n) is 3.70. The third-order valence-electron chi connectivity index (χ3n) is 1.90. The zero-order chi connectivity index (χ0) is 13.1. The van der Waals surface area contributed by atoms with E-state index < -0.39 is 9.05 Å². The van der Waals surface area contributed by atoms with Crippen molar-refractivity contribution >= 4 is 47.3 Å². The van der Waals surface area contributed by atoms with Crippen LogP contribution >= 0.6 is 38.2 Å². The van der Waals surface area contributed by atoms with E-state index in [1.165, 1.54) is 0 Å². The first-order chi connectivity index (χ1) is 7.78. The van der Waals surface area contributed by atoms with Gasteiger partial charge in [-0.05, 0) is 34.1 Å². The maximum atomic E-state index is 10.8. The maximum absolute atomic E-state index is 10.8. The molecule has 0 saturated carbocycles. The first kappa shape index (κ1) is 15.1. The van der Waals surface area contributed by atoms with E-state index in [9.17, 15) is 8.42 Å². The van der Waals surface area contributed by atoms with Gasteiger partial charge < -0.3 is 4.74 Å². The van der Waals surface area contributed by atoms with Crippen LogP contribution in [-0.2, 0) is 9.05 Å². The van der Waals surface area contributed by atoms with Crippen molar-refractivity contribution in [2.24, 2.45) is 5.92 Å². The van der Waals surface area contributed by atoms with Gasteiger partial charge >= 0.3 is 0 Å². The minimum atomic E-state index is -3.49. The topological polar surface area (TPSA) is 43.4 Å². The summed E-state index contributed by atoms with van der Waals surface area (Å²) in [6.07, 6.45) is 0. The van der Waals surface area contributed by atoms with Gasteiger partial charge in [0.15, 0.2) is 0 Å². The van der Waals surface area contributed by atoms with Gasteiger partial charge in [-0.1, -0.05) is 18.5 Å². The summed E-state index contributed by atoms with van der Waals surface area (Å²) in [4.78, 5) is 0. The number of ether oxygens (including phenoxy) is 1. The monoisotopic (exact) mass is 360 g/mol. The summed E-state index contributed by atoms with van der Waals surface area (Å²) < 4.78 is 27.9. The highest BCUT2D eigenvalue weighted by Crippen LogP contribution is 2.28. The van der Waals surface area contributed by atoms with Gasteiger partial charge in [0, 0.05) is 21.6 Å². The molecule has 0 bridgehead atoms. The molecule has 7 heteroatoms. The van der Waals surface area contributed by atoms with Crippen molar-refractivity contribution in [3.8, 4) is 5.75 Å². The van der Waals surface area contributed by atoms with Gasteiger partial charge in [0.25, 0.3) is 0 Å². The lowest BCUT2D eigenvalue weighted by molar-refractivity contribution is 0.270. The highest BCUT2D eigenvalue weighted by Gasteiger charge is 2.13. The molecule has 17 heavy (non-hydrogen) atoms. The van der Waals surface area contributed by atoms with Crippen LogP contribution < -0.4 is 4.74 Å². The van der Waals surface area contributed by atoms with E-state index in [1.54, 1.807) is 25.1 Å². The highest BCUT2D eigenvalue weighted by atomic mass is 79.9. The second-order valence-corrected chi connectivity index (χ2v) is 7.81. The molecule has 0 heterocycles. The fraction of sp³-hybridized carbons (Fsp3) is 0.400. The standard InChI is InChI=1S/C10H11BrCl2O3S/c1-7(6-17(13,14)15)5-16-10-3-2-8(12)4-9(10)11/h2-4,7H,5-6H2,1H3. The Morgan fingerprint density at radius 1 is 1.47 bits per heavy atom. The summed E-state index contributed by atoms with van der Waals surface area (Å²) in [6, 6.07) is 5.12. The van der Waals surface area contributed by atoms with Crippen molar-refractivity contribution in [1.29, 1.82) is 0 Å². The summed E-state index contributed by atoms with van der Waals surface area (Å²) in [5.41, 5.74) is 0. The van der Waals surface area contributed by atoms with Crippen molar-refractivity contribution in [2.45, 2.75) is 6.92 Å². The molecule has 96 valence electrons. The zero-order valence-electron chi connectivity index (χ0n) is 8.99. The van der Waals surface area contributed by atoms with Gasteiger partial charge in [-0.15, -0.1) is 0 Å². The van der Waals surface area contributed by atoms with Crippen LogP contribution in [0.3, 0.4) is 0 Å². The zero-order valence-corrected chi connectivity index (χ0v) is 12.9. The van der Waals surface area contributed by atoms with Crippen LogP contribution in [0, 0.1) is 5.92 Å². The van der Waals surface area contributed by atoms with E-state index in [-0.39, 0.29) is 18.3 Å². The van der Waals surface area contributed by atoms with Crippen molar-refractivity contribution < 1.29 is 13.2 Å². The Balaban J connectivity index is 2.56. The Hall–Kier alpha value is 0.0300. The Morgan fingerprint density at radius 2 is 2.12 bits per heavy atom. The molecule has 0 amide bonds. The van der Waals surface area contributed by atoms with Crippen LogP contribution in [0.5, 0.6) is 5.75 Å². The first-order valence-electron chi connectivity index (χ1n) is 4.78. The number of rotatable bonds is 5. The average molecular weight is 362 g/mol. The first-order valence-corrected chi connectivity index (χ1v) is 8.43. The molecule has 0 saturated heterocycles. The molecule has 0 aliphatic carbocycles. The molecule has 0 spiro atoms. The summed E-state index contributed by atoms with van der Waals surface area (Å²) >= 11 is 9.09. The molecule has 1 unspecified atom stereocenters. The Labute approximate surface area is 119 Å². The van der Waals surface area contributed by atoms with Crippen molar-refractivity contribution in [3.05, 3.63) is 27.7 Å². The smallest absolute Gasteiger partial charge is 0.232 e. The van der Waals surface area contributed by atoms with Gasteiger partial charge in [0.2, 0.25) is 9.05 Å². The molecule has 0 aliphatic rings. The number of hydrogen-bond acceptors (Lipinski definition) is 3. The lowest BCUT2D eigenvalue weighted by Crippen LogP contribution is -2.16. The molecule has 1 aromatic rings. The van der Waals surface area contributed by atoms with Crippen LogP contribution in [0.1, 0.15) is 6.92 Å². The van der Waals surface area contributed by atoms with E-state index in [0.717, 1.165) is 4.47 Å². The SMILES string of the molecule is CC(COc1ccc(Cl)cc1Br)CS(=O)(=O)Cl. The van der Waals surface area contributed by atoms with Crippen molar-refractivity contribution in [2.75, 3.05) is 12.4 Å². The summed E-state index contributed by atoms with van der Waals surface area (Å²) in [7, 11) is 1.67. The van der Waals surface area contributed by atoms with E-state index in [1.807, 2.05) is 0 Å². The van der Waals surface area contributed by atoms with Crippen molar-refractivity contribution in [1.82, 2.24) is 0 Å². The van der Waals surface area contributed by atoms with Crippen LogP contribution in [0.15, 0.2) is 22.7 Å². The Bertz CT molecular complexity index is 490. The second kappa shape index (κ2) is 6.27. The van der Waals surface area contributed by atoms with Gasteiger partial charge in [-0.3, -0.25) is 0 Å². The van der Waals surface area contributed by atoms with E-state index in [4.69, 9.17) is 27.0 Å².